The number of hydroxylamine groups is 1. The van der Waals surface area contributed by atoms with Crippen molar-refractivity contribution >= 4 is 41.5 Å². The van der Waals surface area contributed by atoms with Crippen molar-refractivity contribution in [2.24, 2.45) is 0 Å². The molecule has 0 fully saturated rings. The molecule has 5 rings (SSSR count). The number of rotatable bonds is 8. The van der Waals surface area contributed by atoms with Crippen LogP contribution in [0.5, 0.6) is 5.75 Å². The third kappa shape index (κ3) is 6.77. The molecule has 3 aromatic carbocycles. The Balaban J connectivity index is 1.87. The summed E-state index contributed by atoms with van der Waals surface area (Å²) in [6, 6.07) is 6.64. The lowest BCUT2D eigenvalue weighted by molar-refractivity contribution is -0.377. The third-order valence-corrected chi connectivity index (χ3v) is 15.6. The second-order valence-corrected chi connectivity index (χ2v) is 19.2. The first-order valence-corrected chi connectivity index (χ1v) is 18.5. The number of halogens is 4. The highest BCUT2D eigenvalue weighted by atomic mass is 28.3. The van der Waals surface area contributed by atoms with Crippen LogP contribution in [0.4, 0.5) is 17.6 Å². The molecule has 0 radical (unpaired) electrons. The topological polar surface area (TPSA) is 90.5 Å². The lowest BCUT2D eigenvalue weighted by atomic mass is 9.92. The second kappa shape index (κ2) is 14.0. The van der Waals surface area contributed by atoms with Crippen LogP contribution in [0.1, 0.15) is 59.7 Å². The number of fused-ring (bicyclic) bond motifs is 2. The van der Waals surface area contributed by atoms with Crippen molar-refractivity contribution in [3.63, 3.8) is 0 Å². The Morgan fingerprint density at radius 2 is 1.66 bits per heavy atom. The summed E-state index contributed by atoms with van der Waals surface area (Å²) in [7, 11) is -0.965. The molecule has 1 atom stereocenters. The van der Waals surface area contributed by atoms with E-state index in [9.17, 15) is 10.3 Å². The lowest BCUT2D eigenvalue weighted by Crippen LogP contribution is -2.43. The fourth-order valence-electron chi connectivity index (χ4n) is 7.18. The summed E-state index contributed by atoms with van der Waals surface area (Å²) in [5, 5.41) is 23.1. The van der Waals surface area contributed by atoms with Gasteiger partial charge in [-0.25, -0.2) is 18.2 Å². The largest absolute Gasteiger partial charge is 0.619 e. The van der Waals surface area contributed by atoms with E-state index in [4.69, 9.17) is 9.47 Å². The van der Waals surface area contributed by atoms with Crippen LogP contribution in [0.25, 0.3) is 38.4 Å². The Morgan fingerprint density at radius 1 is 0.980 bits per heavy atom. The number of hydrogen-bond donors (Lipinski definition) is 1. The number of hydrogen-bond acceptors (Lipinski definition) is 6. The normalized spacial score (nSPS) is 16.6. The highest BCUT2D eigenvalue weighted by Crippen LogP contribution is 2.43. The summed E-state index contributed by atoms with van der Waals surface area (Å²) in [5.74, 6) is 0.318. The van der Waals surface area contributed by atoms with E-state index in [1.165, 1.54) is 44.4 Å². The molecule has 262 valence electrons. The number of aliphatic hydroxyl groups is 1. The summed E-state index contributed by atoms with van der Waals surface area (Å²) >= 11 is 0. The van der Waals surface area contributed by atoms with Crippen LogP contribution >= 0.6 is 0 Å². The molecule has 1 N–H and O–H groups in total. The fraction of sp³-hybridized carbons (Fsp3) is 0.342. The zero-order valence-electron chi connectivity index (χ0n) is 29.2. The zero-order valence-corrected chi connectivity index (χ0v) is 30.2. The van der Waals surface area contributed by atoms with Crippen LogP contribution in [0, 0.1) is 40.2 Å². The second-order valence-electron chi connectivity index (χ2n) is 13.6. The summed E-state index contributed by atoms with van der Waals surface area (Å²) in [6.45, 7) is 13.9. The quantitative estimate of drug-likeness (QED) is 0.0375. The first-order valence-electron chi connectivity index (χ1n) is 16.2. The van der Waals surface area contributed by atoms with Crippen molar-refractivity contribution in [1.29, 1.82) is 0 Å². The molecule has 1 aliphatic rings. The molecule has 1 aliphatic heterocycles. The molecule has 0 saturated carbocycles. The van der Waals surface area contributed by atoms with Gasteiger partial charge in [-0.2, -0.15) is 14.1 Å². The van der Waals surface area contributed by atoms with Crippen molar-refractivity contribution < 1.29 is 36.9 Å². The van der Waals surface area contributed by atoms with E-state index >= 15 is 17.6 Å². The smallest absolute Gasteiger partial charge is 0.309 e. The highest BCUT2D eigenvalue weighted by molar-refractivity contribution is 6.90. The molecule has 50 heavy (non-hydrogen) atoms. The zero-order chi connectivity index (χ0) is 36.7. The van der Waals surface area contributed by atoms with Gasteiger partial charge in [-0.05, 0) is 59.3 Å². The minimum absolute atomic E-state index is 0.0237. The molecule has 0 spiro atoms. The summed E-state index contributed by atoms with van der Waals surface area (Å²) in [4.78, 5) is 7.47. The third-order valence-electron chi connectivity index (χ3n) is 9.29. The average Bonchev–Trinajstić information content (AvgIpc) is 3.16. The summed E-state index contributed by atoms with van der Waals surface area (Å²) in [5.41, 5.74) is 0.882. The summed E-state index contributed by atoms with van der Waals surface area (Å²) in [6.07, 6.45) is 3.11. The highest BCUT2D eigenvalue weighted by Gasteiger charge is 2.42. The van der Waals surface area contributed by atoms with Gasteiger partial charge in [-0.3, -0.25) is 0 Å². The molecule has 0 saturated heterocycles. The molecule has 0 aliphatic carbocycles. The van der Waals surface area contributed by atoms with E-state index in [0.717, 1.165) is 18.5 Å². The van der Waals surface area contributed by atoms with E-state index in [-0.39, 0.29) is 62.3 Å². The number of ether oxygens (including phenoxy) is 2. The monoisotopic (exact) mass is 705 g/mol. The Morgan fingerprint density at radius 3 is 2.30 bits per heavy atom. The van der Waals surface area contributed by atoms with Crippen LogP contribution < -0.4 is 4.74 Å². The van der Waals surface area contributed by atoms with Gasteiger partial charge in [0, 0.05) is 35.1 Å². The van der Waals surface area contributed by atoms with Crippen molar-refractivity contribution in [2.75, 3.05) is 13.9 Å². The van der Waals surface area contributed by atoms with Crippen LogP contribution in [-0.2, 0) is 4.74 Å². The molecular formula is C38H39F4N3O4Si. The minimum Gasteiger partial charge on any atom is -0.619 e. The molecule has 1 aromatic heterocycles. The van der Waals surface area contributed by atoms with Gasteiger partial charge in [0.05, 0.1) is 16.8 Å². The van der Waals surface area contributed by atoms with Crippen LogP contribution in [0.2, 0.25) is 16.6 Å². The molecular weight excluding hydrogens is 667 g/mol. The average molecular weight is 706 g/mol. The van der Waals surface area contributed by atoms with Gasteiger partial charge in [0.25, 0.3) is 0 Å². The van der Waals surface area contributed by atoms with E-state index in [1.807, 2.05) is 0 Å². The van der Waals surface area contributed by atoms with Crippen molar-refractivity contribution in [2.45, 2.75) is 70.7 Å². The maximum absolute atomic E-state index is 16.8. The van der Waals surface area contributed by atoms with Gasteiger partial charge in [0.2, 0.25) is 0 Å². The fourth-order valence-corrected chi connectivity index (χ4v) is 12.4. The van der Waals surface area contributed by atoms with Crippen molar-refractivity contribution in [3.05, 3.63) is 88.7 Å². The standard InChI is InChI=1S/C38H39F4N3O4Si/c1-21(2)50(22(3)4,23(5)6)14-12-27-30(39)10-9-24-15-26(49-20-48-8)16-28(32(24)27)33-31(40)17-29-35(43-37(42)44-36(29)34(33)41)25-11-13-45(47)19-38(7,46)18-25/h9-11,13,15-19,21-23,46H,20H2,1-8H3. The minimum atomic E-state index is -2.38. The maximum atomic E-state index is 16.8. The van der Waals surface area contributed by atoms with Gasteiger partial charge in [0.15, 0.2) is 30.6 Å². The first-order chi connectivity index (χ1) is 23.5. The number of allylic oxidation sites excluding steroid dienone is 2. The Bertz CT molecular complexity index is 2130. The molecule has 2 heterocycles. The number of nitrogens with zero attached hydrogens (tertiary/aromatic N) is 3. The van der Waals surface area contributed by atoms with Crippen molar-refractivity contribution in [1.82, 2.24) is 9.97 Å². The first kappa shape index (κ1) is 36.7. The Kier molecular flexibility index (Phi) is 10.3. The molecule has 0 amide bonds. The molecule has 0 bridgehead atoms. The van der Waals surface area contributed by atoms with Gasteiger partial charge in [-0.1, -0.05) is 53.5 Å². The maximum Gasteiger partial charge on any atom is 0.309 e. The van der Waals surface area contributed by atoms with Crippen LogP contribution in [0.3, 0.4) is 0 Å². The van der Waals surface area contributed by atoms with Crippen LogP contribution in [-0.4, -0.2) is 53.6 Å². The number of benzene rings is 3. The van der Waals surface area contributed by atoms with Crippen LogP contribution in [0.15, 0.2) is 48.7 Å². The van der Waals surface area contributed by atoms with E-state index in [0.29, 0.717) is 10.1 Å². The predicted molar refractivity (Wildman–Crippen MR) is 190 cm³/mol. The van der Waals surface area contributed by atoms with Gasteiger partial charge in [0.1, 0.15) is 31.0 Å². The molecule has 4 aromatic rings. The van der Waals surface area contributed by atoms with Gasteiger partial charge in [-0.15, -0.1) is 5.54 Å². The molecule has 1 unspecified atom stereocenters. The van der Waals surface area contributed by atoms with Gasteiger partial charge < -0.3 is 19.8 Å². The van der Waals surface area contributed by atoms with Gasteiger partial charge >= 0.3 is 6.08 Å². The number of methoxy groups -OCH3 is 1. The van der Waals surface area contributed by atoms with E-state index < -0.39 is 48.3 Å². The summed E-state index contributed by atoms with van der Waals surface area (Å²) < 4.78 is 75.4. The van der Waals surface area contributed by atoms with E-state index in [1.54, 1.807) is 6.07 Å². The molecule has 12 heteroatoms. The lowest BCUT2D eigenvalue weighted by Gasteiger charge is -2.38. The SMILES string of the molecule is COCOc1cc(-c2c(F)cc3c(C4=CC(C)(O)C=[N+]([O-])C=C4)nc(F)nc3c2F)c2c(C#C[Si](C(C)C)(C(C)C)C(C)C)c(F)ccc2c1. The molecule has 7 nitrogen and oxygen atoms in total. The van der Waals surface area contributed by atoms with E-state index in [2.05, 4.69) is 63.0 Å². The number of aromatic nitrogens is 2. The Hall–Kier alpha value is -4.57. The van der Waals surface area contributed by atoms with Crippen molar-refractivity contribution in [3.8, 4) is 28.3 Å². The Labute approximate surface area is 289 Å². The predicted octanol–water partition coefficient (Wildman–Crippen LogP) is 8.80.